The van der Waals surface area contributed by atoms with Crippen LogP contribution in [0.2, 0.25) is 0 Å². The van der Waals surface area contributed by atoms with Crippen molar-refractivity contribution in [3.8, 4) is 17.1 Å². The Kier molecular flexibility index (Phi) is 4.39. The molecule has 6 nitrogen and oxygen atoms in total. The molecule has 1 unspecified atom stereocenters. The standard InChI is InChI=1S/C16H18N2O4/c1-20-14-5-3-2-4-12(14)15-8-13(18-22-15)16(19)17-9-11-6-7-21-10-11/h2-5,8,11H,6-7,9-10H2,1H3,(H,17,19). The first-order valence-electron chi connectivity index (χ1n) is 7.24. The van der Waals surface area contributed by atoms with Crippen LogP contribution >= 0.6 is 0 Å². The number of methoxy groups -OCH3 is 1. The third-order valence-corrected chi connectivity index (χ3v) is 3.69. The van der Waals surface area contributed by atoms with Crippen molar-refractivity contribution in [3.05, 3.63) is 36.0 Å². The second-order valence-electron chi connectivity index (χ2n) is 5.22. The predicted octanol–water partition coefficient (Wildman–Crippen LogP) is 2.12. The summed E-state index contributed by atoms with van der Waals surface area (Å²) in [5.41, 5.74) is 1.03. The van der Waals surface area contributed by atoms with Gasteiger partial charge in [0.05, 0.1) is 19.3 Å². The SMILES string of the molecule is COc1ccccc1-c1cc(C(=O)NCC2CCOC2)no1. The Morgan fingerprint density at radius 2 is 2.32 bits per heavy atom. The maximum absolute atomic E-state index is 12.1. The Bertz CT molecular complexity index is 647. The summed E-state index contributed by atoms with van der Waals surface area (Å²) in [5, 5.41) is 6.70. The van der Waals surface area contributed by atoms with E-state index in [1.54, 1.807) is 13.2 Å². The molecule has 6 heteroatoms. The van der Waals surface area contributed by atoms with Crippen molar-refractivity contribution in [2.75, 3.05) is 26.9 Å². The summed E-state index contributed by atoms with van der Waals surface area (Å²) in [5.74, 6) is 1.32. The number of rotatable bonds is 5. The molecule has 1 N–H and O–H groups in total. The van der Waals surface area contributed by atoms with E-state index in [0.29, 0.717) is 30.6 Å². The molecule has 1 aromatic heterocycles. The number of carbonyl (C=O) groups excluding carboxylic acids is 1. The lowest BCUT2D eigenvalue weighted by Crippen LogP contribution is -2.29. The summed E-state index contributed by atoms with van der Waals surface area (Å²) in [4.78, 5) is 12.1. The first kappa shape index (κ1) is 14.6. The maximum Gasteiger partial charge on any atom is 0.273 e. The number of hydrogen-bond acceptors (Lipinski definition) is 5. The van der Waals surface area contributed by atoms with E-state index in [4.69, 9.17) is 14.0 Å². The molecular formula is C16H18N2O4. The molecule has 0 spiro atoms. The largest absolute Gasteiger partial charge is 0.496 e. The van der Waals surface area contributed by atoms with Gasteiger partial charge < -0.3 is 19.3 Å². The number of amides is 1. The second-order valence-corrected chi connectivity index (χ2v) is 5.22. The summed E-state index contributed by atoms with van der Waals surface area (Å²) >= 11 is 0. The number of para-hydroxylation sites is 1. The van der Waals surface area contributed by atoms with Gasteiger partial charge in [0.2, 0.25) is 0 Å². The zero-order chi connectivity index (χ0) is 15.4. The van der Waals surface area contributed by atoms with Crippen LogP contribution in [0.25, 0.3) is 11.3 Å². The van der Waals surface area contributed by atoms with E-state index >= 15 is 0 Å². The molecule has 1 amide bonds. The van der Waals surface area contributed by atoms with E-state index < -0.39 is 0 Å². The first-order chi connectivity index (χ1) is 10.8. The number of nitrogens with zero attached hydrogens (tertiary/aromatic N) is 1. The van der Waals surface area contributed by atoms with Crippen LogP contribution in [0.4, 0.5) is 0 Å². The van der Waals surface area contributed by atoms with Crippen molar-refractivity contribution in [2.45, 2.75) is 6.42 Å². The number of hydrogen-bond donors (Lipinski definition) is 1. The van der Waals surface area contributed by atoms with Gasteiger partial charge in [-0.25, -0.2) is 0 Å². The van der Waals surface area contributed by atoms with Crippen molar-refractivity contribution in [1.29, 1.82) is 0 Å². The molecule has 1 aromatic carbocycles. The summed E-state index contributed by atoms with van der Waals surface area (Å²) in [6.07, 6.45) is 0.978. The Morgan fingerprint density at radius 3 is 3.09 bits per heavy atom. The van der Waals surface area contributed by atoms with Crippen molar-refractivity contribution in [3.63, 3.8) is 0 Å². The molecule has 1 saturated heterocycles. The number of aromatic nitrogens is 1. The van der Waals surface area contributed by atoms with Crippen LogP contribution in [0, 0.1) is 5.92 Å². The first-order valence-corrected chi connectivity index (χ1v) is 7.24. The van der Waals surface area contributed by atoms with Crippen LogP contribution < -0.4 is 10.1 Å². The molecule has 0 bridgehead atoms. The molecule has 0 radical (unpaired) electrons. The van der Waals surface area contributed by atoms with Crippen LogP contribution in [0.1, 0.15) is 16.9 Å². The molecule has 1 fully saturated rings. The predicted molar refractivity (Wildman–Crippen MR) is 79.8 cm³/mol. The van der Waals surface area contributed by atoms with Gasteiger partial charge in [-0.3, -0.25) is 4.79 Å². The van der Waals surface area contributed by atoms with E-state index in [2.05, 4.69) is 10.5 Å². The van der Waals surface area contributed by atoms with Crippen LogP contribution in [-0.4, -0.2) is 37.9 Å². The number of ether oxygens (including phenoxy) is 2. The quantitative estimate of drug-likeness (QED) is 0.915. The van der Waals surface area contributed by atoms with Gasteiger partial charge in [0, 0.05) is 25.1 Å². The van der Waals surface area contributed by atoms with Crippen molar-refractivity contribution < 1.29 is 18.8 Å². The third kappa shape index (κ3) is 3.12. The Hall–Kier alpha value is -2.34. The average molecular weight is 302 g/mol. The molecule has 22 heavy (non-hydrogen) atoms. The Balaban J connectivity index is 1.68. The van der Waals surface area contributed by atoms with Gasteiger partial charge >= 0.3 is 0 Å². The van der Waals surface area contributed by atoms with Gasteiger partial charge in [0.25, 0.3) is 5.91 Å². The summed E-state index contributed by atoms with van der Waals surface area (Å²) < 4.78 is 15.8. The van der Waals surface area contributed by atoms with Gasteiger partial charge in [-0.1, -0.05) is 17.3 Å². The normalized spacial score (nSPS) is 17.4. The lowest BCUT2D eigenvalue weighted by atomic mass is 10.1. The lowest BCUT2D eigenvalue weighted by Gasteiger charge is -2.07. The van der Waals surface area contributed by atoms with Crippen molar-refractivity contribution in [2.24, 2.45) is 5.92 Å². The van der Waals surface area contributed by atoms with Gasteiger partial charge in [-0.15, -0.1) is 0 Å². The molecule has 0 saturated carbocycles. The van der Waals surface area contributed by atoms with Crippen LogP contribution in [0.15, 0.2) is 34.9 Å². The maximum atomic E-state index is 12.1. The number of carbonyl (C=O) groups is 1. The van der Waals surface area contributed by atoms with E-state index in [-0.39, 0.29) is 11.6 Å². The molecule has 1 aliphatic rings. The zero-order valence-corrected chi connectivity index (χ0v) is 12.4. The smallest absolute Gasteiger partial charge is 0.273 e. The Morgan fingerprint density at radius 1 is 1.45 bits per heavy atom. The van der Waals surface area contributed by atoms with E-state index in [0.717, 1.165) is 18.6 Å². The highest BCUT2D eigenvalue weighted by atomic mass is 16.5. The molecule has 116 valence electrons. The monoisotopic (exact) mass is 302 g/mol. The van der Waals surface area contributed by atoms with E-state index in [9.17, 15) is 4.79 Å². The molecule has 1 aliphatic heterocycles. The molecule has 1 atom stereocenters. The van der Waals surface area contributed by atoms with Gasteiger partial charge in [-0.05, 0) is 18.6 Å². The lowest BCUT2D eigenvalue weighted by molar-refractivity contribution is 0.0936. The minimum Gasteiger partial charge on any atom is -0.496 e. The average Bonchev–Trinajstić information content (AvgIpc) is 3.24. The fourth-order valence-electron chi connectivity index (χ4n) is 2.43. The third-order valence-electron chi connectivity index (χ3n) is 3.69. The second kappa shape index (κ2) is 6.62. The minimum atomic E-state index is -0.239. The number of nitrogens with one attached hydrogen (secondary N) is 1. The highest BCUT2D eigenvalue weighted by Gasteiger charge is 2.19. The zero-order valence-electron chi connectivity index (χ0n) is 12.4. The van der Waals surface area contributed by atoms with Crippen LogP contribution in [0.3, 0.4) is 0 Å². The van der Waals surface area contributed by atoms with E-state index in [1.165, 1.54) is 0 Å². The van der Waals surface area contributed by atoms with Gasteiger partial charge in [0.15, 0.2) is 11.5 Å². The van der Waals surface area contributed by atoms with Crippen molar-refractivity contribution >= 4 is 5.91 Å². The summed E-state index contributed by atoms with van der Waals surface area (Å²) in [6, 6.07) is 9.06. The molecule has 2 aromatic rings. The topological polar surface area (TPSA) is 73.6 Å². The fraction of sp³-hybridized carbons (Fsp3) is 0.375. The molecule has 2 heterocycles. The number of benzene rings is 1. The highest BCUT2D eigenvalue weighted by Crippen LogP contribution is 2.29. The van der Waals surface area contributed by atoms with Crippen LogP contribution in [0.5, 0.6) is 5.75 Å². The highest BCUT2D eigenvalue weighted by molar-refractivity contribution is 5.93. The fourth-order valence-corrected chi connectivity index (χ4v) is 2.43. The minimum absolute atomic E-state index is 0.239. The van der Waals surface area contributed by atoms with E-state index in [1.807, 2.05) is 24.3 Å². The van der Waals surface area contributed by atoms with Gasteiger partial charge in [-0.2, -0.15) is 0 Å². The summed E-state index contributed by atoms with van der Waals surface area (Å²) in [6.45, 7) is 2.06. The van der Waals surface area contributed by atoms with Crippen LogP contribution in [-0.2, 0) is 4.74 Å². The van der Waals surface area contributed by atoms with Crippen molar-refractivity contribution in [1.82, 2.24) is 10.5 Å². The molecule has 3 rings (SSSR count). The van der Waals surface area contributed by atoms with Gasteiger partial charge in [0.1, 0.15) is 5.75 Å². The summed E-state index contributed by atoms with van der Waals surface area (Å²) in [7, 11) is 1.59. The Labute approximate surface area is 128 Å². The molecule has 0 aliphatic carbocycles. The molecular weight excluding hydrogens is 284 g/mol.